The third-order valence-electron chi connectivity index (χ3n) is 5.14. The van der Waals surface area contributed by atoms with E-state index in [1.54, 1.807) is 0 Å². The number of nitrogens with zero attached hydrogens (tertiary/aromatic N) is 3. The molecule has 0 atom stereocenters. The molecule has 2 heterocycles. The number of hydrogen-bond donors (Lipinski definition) is 2. The third kappa shape index (κ3) is 6.00. The molecule has 166 valence electrons. The maximum absolute atomic E-state index is 12.8. The molecule has 2 aromatic heterocycles. The van der Waals surface area contributed by atoms with E-state index >= 15 is 0 Å². The van der Waals surface area contributed by atoms with Crippen molar-refractivity contribution in [2.24, 2.45) is 5.92 Å². The largest absolute Gasteiger partial charge is 0.347 e. The molecule has 0 saturated carbocycles. The number of aryl methyl sites for hydroxylation is 1. The van der Waals surface area contributed by atoms with Gasteiger partial charge in [0.1, 0.15) is 16.7 Å². The summed E-state index contributed by atoms with van der Waals surface area (Å²) < 4.78 is 0. The molecular formula is C24H33N5OS. The van der Waals surface area contributed by atoms with Crippen LogP contribution in [0.2, 0.25) is 0 Å². The first-order valence-electron chi connectivity index (χ1n) is 11.2. The van der Waals surface area contributed by atoms with Gasteiger partial charge in [0.25, 0.3) is 5.91 Å². The zero-order chi connectivity index (χ0) is 22.4. The van der Waals surface area contributed by atoms with Crippen molar-refractivity contribution < 1.29 is 4.79 Å². The van der Waals surface area contributed by atoms with Gasteiger partial charge in [-0.25, -0.2) is 15.0 Å². The molecule has 0 aliphatic rings. The van der Waals surface area contributed by atoms with Crippen molar-refractivity contribution in [3.63, 3.8) is 0 Å². The molecule has 7 heteroatoms. The molecule has 0 unspecified atom stereocenters. The minimum Gasteiger partial charge on any atom is -0.347 e. The molecule has 31 heavy (non-hydrogen) atoms. The smallest absolute Gasteiger partial charge is 0.280 e. The highest BCUT2D eigenvalue weighted by Gasteiger charge is 2.19. The van der Waals surface area contributed by atoms with Gasteiger partial charge in [-0.05, 0) is 43.7 Å². The molecule has 0 saturated heterocycles. The van der Waals surface area contributed by atoms with E-state index in [2.05, 4.69) is 78.4 Å². The summed E-state index contributed by atoms with van der Waals surface area (Å²) in [5.41, 5.74) is 4.13. The Hall–Kier alpha value is -2.54. The number of amides is 1. The molecule has 0 aliphatic carbocycles. The maximum Gasteiger partial charge on any atom is 0.280 e. The molecule has 6 nitrogen and oxygen atoms in total. The first kappa shape index (κ1) is 23.1. The van der Waals surface area contributed by atoms with Gasteiger partial charge < -0.3 is 10.6 Å². The van der Waals surface area contributed by atoms with Crippen LogP contribution in [0.5, 0.6) is 0 Å². The van der Waals surface area contributed by atoms with Crippen molar-refractivity contribution in [3.05, 3.63) is 40.7 Å². The third-order valence-corrected chi connectivity index (χ3v) is 6.10. The molecular weight excluding hydrogens is 406 g/mol. The van der Waals surface area contributed by atoms with Gasteiger partial charge in [-0.2, -0.15) is 0 Å². The predicted molar refractivity (Wildman–Crippen MR) is 129 cm³/mol. The molecule has 2 N–H and O–H groups in total. The summed E-state index contributed by atoms with van der Waals surface area (Å²) in [7, 11) is 0. The molecule has 0 spiro atoms. The van der Waals surface area contributed by atoms with Crippen LogP contribution in [0.3, 0.4) is 0 Å². The van der Waals surface area contributed by atoms with E-state index < -0.39 is 0 Å². The quantitative estimate of drug-likeness (QED) is 0.403. The number of fused-ring (bicyclic) bond motifs is 1. The van der Waals surface area contributed by atoms with Crippen molar-refractivity contribution in [2.75, 3.05) is 5.32 Å². The fourth-order valence-electron chi connectivity index (χ4n) is 3.76. The number of anilines is 2. The number of rotatable bonds is 10. The van der Waals surface area contributed by atoms with E-state index in [9.17, 15) is 4.79 Å². The second kappa shape index (κ2) is 10.7. The topological polar surface area (TPSA) is 79.8 Å². The minimum absolute atomic E-state index is 0.128. The van der Waals surface area contributed by atoms with E-state index in [1.165, 1.54) is 28.8 Å². The average Bonchev–Trinajstić information content (AvgIpc) is 3.15. The van der Waals surface area contributed by atoms with Crippen LogP contribution in [0, 0.1) is 12.8 Å². The van der Waals surface area contributed by atoms with E-state index in [0.29, 0.717) is 27.1 Å². The molecule has 1 aromatic carbocycles. The Balaban J connectivity index is 1.87. The van der Waals surface area contributed by atoms with Crippen molar-refractivity contribution in [2.45, 2.75) is 72.8 Å². The van der Waals surface area contributed by atoms with Crippen LogP contribution in [-0.2, 0) is 6.42 Å². The lowest BCUT2D eigenvalue weighted by atomic mass is 9.99. The fourth-order valence-corrected chi connectivity index (χ4v) is 4.57. The van der Waals surface area contributed by atoms with E-state index in [-0.39, 0.29) is 11.9 Å². The number of benzene rings is 1. The van der Waals surface area contributed by atoms with E-state index in [4.69, 9.17) is 0 Å². The average molecular weight is 440 g/mol. The minimum atomic E-state index is -0.128. The first-order chi connectivity index (χ1) is 14.9. The molecule has 0 aliphatic heterocycles. The van der Waals surface area contributed by atoms with Crippen molar-refractivity contribution in [3.8, 4) is 0 Å². The van der Waals surface area contributed by atoms with Crippen LogP contribution in [0.1, 0.15) is 74.3 Å². The lowest BCUT2D eigenvalue weighted by Gasteiger charge is -2.16. The van der Waals surface area contributed by atoms with Gasteiger partial charge in [0.15, 0.2) is 10.8 Å². The molecule has 3 rings (SSSR count). The zero-order valence-electron chi connectivity index (χ0n) is 19.2. The number of hydrogen-bond acceptors (Lipinski definition) is 6. The molecule has 0 radical (unpaired) electrons. The Labute approximate surface area is 188 Å². The zero-order valence-corrected chi connectivity index (χ0v) is 20.0. The van der Waals surface area contributed by atoms with Crippen LogP contribution in [0.15, 0.2) is 24.5 Å². The summed E-state index contributed by atoms with van der Waals surface area (Å²) in [6.45, 7) is 10.8. The summed E-state index contributed by atoms with van der Waals surface area (Å²) in [6.07, 6.45) is 6.53. The molecule has 1 amide bonds. The molecule has 0 bridgehead atoms. The standard InChI is InChI=1S/C24H33N5OS/c1-6-8-18(9-7-2)27-22(30)24-29-20-21(25-14-26-23(20)31-24)28-19-11-10-16(5)13-17(19)12-15(3)4/h10-11,13-15,18H,6-9,12H2,1-5H3,(H,27,30)(H,25,26,28). The van der Waals surface area contributed by atoms with Gasteiger partial charge in [0.2, 0.25) is 0 Å². The Kier molecular flexibility index (Phi) is 7.96. The molecule has 3 aromatic rings. The van der Waals surface area contributed by atoms with E-state index in [1.807, 2.05) is 0 Å². The Morgan fingerprint density at radius 3 is 2.55 bits per heavy atom. The summed E-state index contributed by atoms with van der Waals surface area (Å²) in [6, 6.07) is 6.57. The van der Waals surface area contributed by atoms with Crippen LogP contribution < -0.4 is 10.6 Å². The van der Waals surface area contributed by atoms with Gasteiger partial charge in [-0.15, -0.1) is 0 Å². The lowest BCUT2D eigenvalue weighted by molar-refractivity contribution is 0.0932. The molecule has 0 fully saturated rings. The Bertz CT molecular complexity index is 1020. The number of nitrogens with one attached hydrogen (secondary N) is 2. The van der Waals surface area contributed by atoms with E-state index in [0.717, 1.165) is 37.8 Å². The van der Waals surface area contributed by atoms with Crippen LogP contribution in [0.4, 0.5) is 11.5 Å². The normalized spacial score (nSPS) is 11.5. The van der Waals surface area contributed by atoms with Gasteiger partial charge >= 0.3 is 0 Å². The summed E-state index contributed by atoms with van der Waals surface area (Å²) in [5, 5.41) is 7.02. The van der Waals surface area contributed by atoms with Gasteiger partial charge in [-0.3, -0.25) is 4.79 Å². The van der Waals surface area contributed by atoms with Crippen LogP contribution in [0.25, 0.3) is 10.3 Å². The maximum atomic E-state index is 12.8. The highest BCUT2D eigenvalue weighted by atomic mass is 32.1. The number of thiazole rings is 1. The summed E-state index contributed by atoms with van der Waals surface area (Å²) >= 11 is 1.31. The van der Waals surface area contributed by atoms with Crippen molar-refractivity contribution >= 4 is 39.1 Å². The fraction of sp³-hybridized carbons (Fsp3) is 0.500. The van der Waals surface area contributed by atoms with Crippen molar-refractivity contribution in [1.82, 2.24) is 20.3 Å². The lowest BCUT2D eigenvalue weighted by Crippen LogP contribution is -2.34. The SMILES string of the molecule is CCCC(CCC)NC(=O)c1nc2c(Nc3ccc(C)cc3CC(C)C)ncnc2s1. The highest BCUT2D eigenvalue weighted by Crippen LogP contribution is 2.29. The predicted octanol–water partition coefficient (Wildman–Crippen LogP) is 6.04. The summed E-state index contributed by atoms with van der Waals surface area (Å²) in [5.74, 6) is 1.05. The number of carbonyl (C=O) groups excluding carboxylic acids is 1. The number of aromatic nitrogens is 3. The Morgan fingerprint density at radius 2 is 1.87 bits per heavy atom. The van der Waals surface area contributed by atoms with Gasteiger partial charge in [0.05, 0.1) is 0 Å². The summed E-state index contributed by atoms with van der Waals surface area (Å²) in [4.78, 5) is 26.9. The van der Waals surface area contributed by atoms with Gasteiger partial charge in [-0.1, -0.05) is 69.6 Å². The second-order valence-corrected chi connectivity index (χ2v) is 9.50. The van der Waals surface area contributed by atoms with Crippen molar-refractivity contribution in [1.29, 1.82) is 0 Å². The van der Waals surface area contributed by atoms with Gasteiger partial charge in [0, 0.05) is 11.7 Å². The Morgan fingerprint density at radius 1 is 1.13 bits per heavy atom. The van der Waals surface area contributed by atoms with Crippen LogP contribution in [-0.4, -0.2) is 26.9 Å². The highest BCUT2D eigenvalue weighted by molar-refractivity contribution is 7.19. The van der Waals surface area contributed by atoms with Crippen LogP contribution >= 0.6 is 11.3 Å². The second-order valence-electron chi connectivity index (χ2n) is 8.53. The first-order valence-corrected chi connectivity index (χ1v) is 12.0. The monoisotopic (exact) mass is 439 g/mol. The number of carbonyl (C=O) groups is 1.